The zero-order valence-electron chi connectivity index (χ0n) is 15.6. The summed E-state index contributed by atoms with van der Waals surface area (Å²) in [6, 6.07) is 3.27. The molecule has 1 amide bonds. The van der Waals surface area contributed by atoms with Crippen molar-refractivity contribution < 1.29 is 39.9 Å². The van der Waals surface area contributed by atoms with E-state index in [0.717, 1.165) is 0 Å². The number of halogens is 1. The largest absolute Gasteiger partial charge is 0.508 e. The molecular weight excluding hydrogens is 509 g/mol. The number of carbonyl (C=O) groups is 3. The lowest BCUT2D eigenvalue weighted by molar-refractivity contribution is -0.160. The van der Waals surface area contributed by atoms with Gasteiger partial charge < -0.3 is 31.3 Å². The molecule has 4 rings (SSSR count). The molecule has 0 radical (unpaired) electrons. The number of aromatic hydroxyl groups is 1. The molecule has 0 aliphatic heterocycles. The highest BCUT2D eigenvalue weighted by Gasteiger charge is 2.64. The smallest absolute Gasteiger partial charge is 0.255 e. The predicted molar refractivity (Wildman–Crippen MR) is 110 cm³/mol. The molecule has 7 N–H and O–H groups in total. The van der Waals surface area contributed by atoms with Crippen LogP contribution >= 0.6 is 22.6 Å². The van der Waals surface area contributed by atoms with Gasteiger partial charge in [-0.3, -0.25) is 14.4 Å². The van der Waals surface area contributed by atoms with Crippen molar-refractivity contribution in [2.24, 2.45) is 17.6 Å². The number of aliphatic hydroxyl groups excluding tert-OH is 3. The van der Waals surface area contributed by atoms with Gasteiger partial charge in [-0.1, -0.05) is 13.0 Å². The monoisotopic (exact) mass is 527 g/mol. The first kappa shape index (κ1) is 20.8. The molecule has 0 unspecified atom stereocenters. The number of nitrogens with two attached hydrogens (primary N) is 1. The van der Waals surface area contributed by atoms with Gasteiger partial charge >= 0.3 is 0 Å². The van der Waals surface area contributed by atoms with Crippen LogP contribution in [0, 0.1) is 15.4 Å². The molecule has 0 aromatic heterocycles. The highest BCUT2D eigenvalue weighted by Crippen LogP contribution is 2.55. The molecule has 158 valence electrons. The standard InChI is InChI=1S/C20H18INO8/c1-5-6-2-3-8(21)15(25)11(6)16(26)13-10(5)14(24)7-4-9(23)12(19(22)29)17(27)20(7,30)18(13)28/h2-3,5,7,10,14,24-27,30H,4H2,1H3,(H2,22,29)/t5-,7+,10+,14+,20+/m0/s1. The van der Waals surface area contributed by atoms with E-state index in [9.17, 15) is 39.9 Å². The normalized spacial score (nSPS) is 33.2. The van der Waals surface area contributed by atoms with Gasteiger partial charge in [-0.05, 0) is 40.1 Å². The number of carbonyl (C=O) groups excluding carboxylic acids is 3. The van der Waals surface area contributed by atoms with E-state index in [0.29, 0.717) is 9.13 Å². The predicted octanol–water partition coefficient (Wildman–Crippen LogP) is 0.560. The van der Waals surface area contributed by atoms with Gasteiger partial charge in [-0.25, -0.2) is 0 Å². The Morgan fingerprint density at radius 1 is 1.23 bits per heavy atom. The lowest BCUT2D eigenvalue weighted by Crippen LogP contribution is -2.63. The van der Waals surface area contributed by atoms with E-state index in [1.807, 2.05) is 22.6 Å². The number of Topliss-reactive ketones (excluding diaryl/α,β-unsaturated/α-hetero) is 2. The summed E-state index contributed by atoms with van der Waals surface area (Å²) in [4.78, 5) is 37.4. The second-order valence-corrected chi connectivity index (χ2v) is 9.01. The number of phenols is 1. The van der Waals surface area contributed by atoms with Crippen molar-refractivity contribution in [3.63, 3.8) is 0 Å². The average molecular weight is 527 g/mol. The summed E-state index contributed by atoms with van der Waals surface area (Å²) in [5.41, 5.74) is 1.50. The van der Waals surface area contributed by atoms with E-state index >= 15 is 0 Å². The fourth-order valence-electron chi connectivity index (χ4n) is 4.97. The van der Waals surface area contributed by atoms with E-state index in [1.54, 1.807) is 19.1 Å². The fourth-order valence-corrected chi connectivity index (χ4v) is 5.42. The molecule has 1 aromatic carbocycles. The zero-order valence-corrected chi connectivity index (χ0v) is 17.7. The molecule has 3 aliphatic rings. The Morgan fingerprint density at radius 2 is 1.87 bits per heavy atom. The summed E-state index contributed by atoms with van der Waals surface area (Å²) >= 11 is 1.85. The maximum Gasteiger partial charge on any atom is 0.255 e. The van der Waals surface area contributed by atoms with Crippen molar-refractivity contribution in [1.29, 1.82) is 0 Å². The third-order valence-electron chi connectivity index (χ3n) is 6.45. The Labute approximate surface area is 183 Å². The molecule has 1 aromatic rings. The van der Waals surface area contributed by atoms with Crippen LogP contribution in [0.1, 0.15) is 30.4 Å². The zero-order chi connectivity index (χ0) is 22.3. The molecule has 1 fully saturated rings. The molecule has 0 heterocycles. The van der Waals surface area contributed by atoms with Gasteiger partial charge in [0, 0.05) is 23.8 Å². The lowest BCUT2D eigenvalue weighted by Gasteiger charge is -2.50. The Hall–Kier alpha value is -2.44. The van der Waals surface area contributed by atoms with E-state index in [2.05, 4.69) is 0 Å². The topological polar surface area (TPSA) is 178 Å². The molecule has 10 heteroatoms. The van der Waals surface area contributed by atoms with Gasteiger partial charge in [0.05, 0.1) is 15.2 Å². The van der Waals surface area contributed by atoms with E-state index in [4.69, 9.17) is 5.73 Å². The second kappa shape index (κ2) is 6.53. The molecule has 9 nitrogen and oxygen atoms in total. The summed E-state index contributed by atoms with van der Waals surface area (Å²) in [6.45, 7) is 1.68. The van der Waals surface area contributed by atoms with Crippen molar-refractivity contribution in [3.8, 4) is 5.75 Å². The van der Waals surface area contributed by atoms with Crippen molar-refractivity contribution in [3.05, 3.63) is 43.7 Å². The quantitative estimate of drug-likeness (QED) is 0.227. The minimum Gasteiger partial charge on any atom is -0.508 e. The molecule has 0 spiro atoms. The number of hydrogen-bond donors (Lipinski definition) is 6. The number of rotatable bonds is 1. The maximum atomic E-state index is 13.4. The molecule has 0 bridgehead atoms. The highest BCUT2D eigenvalue weighted by atomic mass is 127. The maximum absolute atomic E-state index is 13.4. The van der Waals surface area contributed by atoms with Gasteiger partial charge in [0.2, 0.25) is 5.78 Å². The van der Waals surface area contributed by atoms with Crippen molar-refractivity contribution in [1.82, 2.24) is 0 Å². The molecule has 0 saturated heterocycles. The van der Waals surface area contributed by atoms with E-state index < -0.39 is 70.4 Å². The number of aliphatic hydroxyl groups is 4. The molecule has 1 saturated carbocycles. The Morgan fingerprint density at radius 3 is 2.47 bits per heavy atom. The van der Waals surface area contributed by atoms with Crippen LogP contribution in [0.5, 0.6) is 5.75 Å². The Bertz CT molecular complexity index is 1110. The second-order valence-electron chi connectivity index (χ2n) is 7.84. The number of hydrogen-bond acceptors (Lipinski definition) is 8. The van der Waals surface area contributed by atoms with Gasteiger partial charge in [0.15, 0.2) is 11.4 Å². The van der Waals surface area contributed by atoms with Gasteiger partial charge in [-0.15, -0.1) is 0 Å². The number of phenolic OH excluding ortho intramolecular Hbond substituents is 1. The van der Waals surface area contributed by atoms with E-state index in [-0.39, 0.29) is 16.9 Å². The summed E-state index contributed by atoms with van der Waals surface area (Å²) in [6.07, 6.45) is -2.11. The van der Waals surface area contributed by atoms with Crippen LogP contribution in [-0.2, 0) is 14.4 Å². The number of primary amides is 1. The third kappa shape index (κ3) is 2.38. The number of amides is 1. The minimum atomic E-state index is -2.81. The van der Waals surface area contributed by atoms with Crippen LogP contribution in [0.3, 0.4) is 0 Å². The Kier molecular flexibility index (Phi) is 4.53. The molecule has 3 aliphatic carbocycles. The number of ketones is 2. The molecule has 30 heavy (non-hydrogen) atoms. The first-order valence-electron chi connectivity index (χ1n) is 9.11. The van der Waals surface area contributed by atoms with Crippen LogP contribution in [-0.4, -0.2) is 54.7 Å². The first-order valence-corrected chi connectivity index (χ1v) is 10.2. The molecule has 5 atom stereocenters. The lowest BCUT2D eigenvalue weighted by atomic mass is 9.55. The SMILES string of the molecule is C[C@H]1c2ccc(I)c(O)c2C(O)=C2C(=O)[C@]3(O)C(O)=C(C(N)=O)C(=O)C[C@@H]3[C@@H](O)[C@@H]21. The summed E-state index contributed by atoms with van der Waals surface area (Å²) in [7, 11) is 0. The van der Waals surface area contributed by atoms with Gasteiger partial charge in [0.25, 0.3) is 5.91 Å². The van der Waals surface area contributed by atoms with Gasteiger partial charge in [-0.2, -0.15) is 0 Å². The average Bonchev–Trinajstić information content (AvgIpc) is 2.67. The molecular formula is C20H18INO8. The van der Waals surface area contributed by atoms with Crippen molar-refractivity contribution in [2.75, 3.05) is 0 Å². The van der Waals surface area contributed by atoms with Crippen LogP contribution < -0.4 is 5.73 Å². The van der Waals surface area contributed by atoms with Crippen LogP contribution in [0.25, 0.3) is 5.76 Å². The minimum absolute atomic E-state index is 0.00581. The van der Waals surface area contributed by atoms with Crippen molar-refractivity contribution in [2.45, 2.75) is 31.0 Å². The summed E-state index contributed by atoms with van der Waals surface area (Å²) in [5.74, 6) is -8.52. The number of fused-ring (bicyclic) bond motifs is 3. The third-order valence-corrected chi connectivity index (χ3v) is 7.32. The Balaban J connectivity index is 2.03. The number of benzene rings is 1. The highest BCUT2D eigenvalue weighted by molar-refractivity contribution is 14.1. The van der Waals surface area contributed by atoms with Crippen LogP contribution in [0.4, 0.5) is 0 Å². The van der Waals surface area contributed by atoms with Gasteiger partial charge in [0.1, 0.15) is 22.8 Å². The van der Waals surface area contributed by atoms with E-state index in [1.165, 1.54) is 0 Å². The fraction of sp³-hybridized carbons (Fsp3) is 0.350. The first-order chi connectivity index (χ1) is 13.9. The summed E-state index contributed by atoms with van der Waals surface area (Å²) < 4.78 is 0.409. The summed E-state index contributed by atoms with van der Waals surface area (Å²) in [5, 5.41) is 54.1. The van der Waals surface area contributed by atoms with Crippen LogP contribution in [0.15, 0.2) is 29.0 Å². The van der Waals surface area contributed by atoms with Crippen molar-refractivity contribution >= 4 is 45.8 Å². The van der Waals surface area contributed by atoms with Crippen LogP contribution in [0.2, 0.25) is 0 Å².